The molecule has 0 spiro atoms. The van der Waals surface area contributed by atoms with Crippen molar-refractivity contribution in [3.63, 3.8) is 0 Å². The van der Waals surface area contributed by atoms with Crippen molar-refractivity contribution in [1.82, 2.24) is 0 Å². The first-order valence-electron chi connectivity index (χ1n) is 9.77. The van der Waals surface area contributed by atoms with Crippen LogP contribution in [0.25, 0.3) is 0 Å². The van der Waals surface area contributed by atoms with Gasteiger partial charge in [0.2, 0.25) is 0 Å². The number of allylic oxidation sites excluding steroid dienone is 1. The second-order valence-corrected chi connectivity index (χ2v) is 9.54. The molecule has 0 aromatic heterocycles. The monoisotopic (exact) mass is 346 g/mol. The molecule has 2 N–H and O–H groups in total. The van der Waals surface area contributed by atoms with Crippen LogP contribution >= 0.6 is 0 Å². The maximum Gasteiger partial charge on any atom is 0.161 e. The Bertz CT molecular complexity index is 667. The van der Waals surface area contributed by atoms with Gasteiger partial charge in [-0.2, -0.15) is 0 Å². The highest BCUT2D eigenvalue weighted by Gasteiger charge is 2.67. The number of ketones is 2. The molecular formula is C21H30O4. The summed E-state index contributed by atoms with van der Waals surface area (Å²) in [6.07, 6.45) is 6.71. The van der Waals surface area contributed by atoms with Gasteiger partial charge in [-0.3, -0.25) is 9.59 Å². The number of fused-ring (bicyclic) bond motifs is 5. The zero-order chi connectivity index (χ0) is 18.2. The molecule has 4 nitrogen and oxygen atoms in total. The van der Waals surface area contributed by atoms with Gasteiger partial charge in [0.25, 0.3) is 0 Å². The average Bonchev–Trinajstić information content (AvgIpc) is 2.80. The Balaban J connectivity index is 1.76. The van der Waals surface area contributed by atoms with E-state index in [0.29, 0.717) is 19.3 Å². The van der Waals surface area contributed by atoms with Crippen LogP contribution < -0.4 is 0 Å². The second kappa shape index (κ2) is 5.26. The van der Waals surface area contributed by atoms with Gasteiger partial charge in [-0.25, -0.2) is 0 Å². The predicted octanol–water partition coefficient (Wildman–Crippen LogP) is 2.81. The molecule has 4 aliphatic carbocycles. The average molecular weight is 346 g/mol. The third-order valence-corrected chi connectivity index (χ3v) is 8.50. The van der Waals surface area contributed by atoms with Crippen LogP contribution in [0.2, 0.25) is 0 Å². The summed E-state index contributed by atoms with van der Waals surface area (Å²) in [6.45, 7) is 5.63. The molecule has 0 bridgehead atoms. The van der Waals surface area contributed by atoms with Crippen molar-refractivity contribution in [3.8, 4) is 0 Å². The van der Waals surface area contributed by atoms with Crippen LogP contribution in [0.4, 0.5) is 0 Å². The molecule has 138 valence electrons. The van der Waals surface area contributed by atoms with Crippen LogP contribution in [-0.2, 0) is 9.59 Å². The molecule has 0 amide bonds. The standard InChI is InChI=1S/C21H30O4/c1-12(22)21(25)9-7-16-15-5-4-13-10-14(23)6-8-19(13,2)18(15)17(24)11-20(16,21)3/h4,14-16,18,23,25H,5-11H2,1-3H3/t14-,15-,16-,18+,19-,20-,21-/m0/s1. The van der Waals surface area contributed by atoms with E-state index in [9.17, 15) is 19.8 Å². The molecule has 4 heteroatoms. The largest absolute Gasteiger partial charge is 0.393 e. The maximum atomic E-state index is 13.3. The number of aliphatic hydroxyl groups is 2. The summed E-state index contributed by atoms with van der Waals surface area (Å²) in [5.41, 5.74) is -0.888. The summed E-state index contributed by atoms with van der Waals surface area (Å²) >= 11 is 0. The SMILES string of the molecule is CC(=O)[C@@]1(O)CC[C@H]2[C@@H]3CC=C4C[C@@H](O)CC[C@]4(C)[C@H]3C(=O)C[C@@]21C. The zero-order valence-corrected chi connectivity index (χ0v) is 15.5. The fourth-order valence-electron chi connectivity index (χ4n) is 7.05. The lowest BCUT2D eigenvalue weighted by molar-refractivity contribution is -0.166. The lowest BCUT2D eigenvalue weighted by Crippen LogP contribution is -2.60. The van der Waals surface area contributed by atoms with E-state index in [-0.39, 0.29) is 40.8 Å². The van der Waals surface area contributed by atoms with E-state index >= 15 is 0 Å². The van der Waals surface area contributed by atoms with E-state index in [1.54, 1.807) is 0 Å². The summed E-state index contributed by atoms with van der Waals surface area (Å²) in [6, 6.07) is 0. The summed E-state index contributed by atoms with van der Waals surface area (Å²) in [4.78, 5) is 25.5. The number of carbonyl (C=O) groups excluding carboxylic acids is 2. The fourth-order valence-corrected chi connectivity index (χ4v) is 7.05. The summed E-state index contributed by atoms with van der Waals surface area (Å²) in [5.74, 6) is 0.430. The minimum atomic E-state index is -1.36. The minimum absolute atomic E-state index is 0.0209. The topological polar surface area (TPSA) is 74.6 Å². The van der Waals surface area contributed by atoms with Crippen molar-refractivity contribution in [3.05, 3.63) is 11.6 Å². The van der Waals surface area contributed by atoms with Crippen LogP contribution in [-0.4, -0.2) is 33.5 Å². The van der Waals surface area contributed by atoms with Crippen molar-refractivity contribution in [2.24, 2.45) is 28.6 Å². The highest BCUT2D eigenvalue weighted by atomic mass is 16.3. The first-order valence-corrected chi connectivity index (χ1v) is 9.77. The summed E-state index contributed by atoms with van der Waals surface area (Å²) in [7, 11) is 0. The van der Waals surface area contributed by atoms with Crippen molar-refractivity contribution >= 4 is 11.6 Å². The Morgan fingerprint density at radius 2 is 1.96 bits per heavy atom. The third kappa shape index (κ3) is 2.07. The van der Waals surface area contributed by atoms with Gasteiger partial charge >= 0.3 is 0 Å². The van der Waals surface area contributed by atoms with E-state index in [2.05, 4.69) is 13.0 Å². The molecule has 0 radical (unpaired) electrons. The molecule has 0 aliphatic heterocycles. The molecule has 3 fully saturated rings. The number of carbonyl (C=O) groups is 2. The summed E-state index contributed by atoms with van der Waals surface area (Å²) in [5, 5.41) is 21.2. The molecule has 0 heterocycles. The van der Waals surface area contributed by atoms with Gasteiger partial charge in [0.15, 0.2) is 5.78 Å². The molecule has 4 aliphatic rings. The number of Topliss-reactive ketones (excluding diaryl/α,β-unsaturated/α-hetero) is 2. The molecule has 3 saturated carbocycles. The Kier molecular flexibility index (Phi) is 3.66. The molecule has 0 saturated heterocycles. The first-order chi connectivity index (χ1) is 11.6. The van der Waals surface area contributed by atoms with Gasteiger partial charge in [0.05, 0.1) is 6.10 Å². The summed E-state index contributed by atoms with van der Waals surface area (Å²) < 4.78 is 0. The van der Waals surface area contributed by atoms with E-state index in [1.807, 2.05) is 6.92 Å². The number of aliphatic hydroxyl groups excluding tert-OH is 1. The smallest absolute Gasteiger partial charge is 0.161 e. The highest BCUT2D eigenvalue weighted by molar-refractivity contribution is 5.90. The van der Waals surface area contributed by atoms with Gasteiger partial charge in [-0.15, -0.1) is 0 Å². The van der Waals surface area contributed by atoms with E-state index in [0.717, 1.165) is 25.7 Å². The third-order valence-electron chi connectivity index (χ3n) is 8.50. The molecule has 0 aromatic carbocycles. The van der Waals surface area contributed by atoms with Crippen molar-refractivity contribution in [2.75, 3.05) is 0 Å². The zero-order valence-electron chi connectivity index (χ0n) is 15.5. The number of hydrogen-bond acceptors (Lipinski definition) is 4. The number of hydrogen-bond donors (Lipinski definition) is 2. The van der Waals surface area contributed by atoms with E-state index in [4.69, 9.17) is 0 Å². The van der Waals surface area contributed by atoms with Gasteiger partial charge in [-0.1, -0.05) is 25.5 Å². The van der Waals surface area contributed by atoms with Crippen molar-refractivity contribution in [2.45, 2.75) is 77.4 Å². The number of rotatable bonds is 1. The van der Waals surface area contributed by atoms with Gasteiger partial charge < -0.3 is 10.2 Å². The van der Waals surface area contributed by atoms with Crippen LogP contribution in [0.5, 0.6) is 0 Å². The Labute approximate surface area is 149 Å². The molecule has 0 unspecified atom stereocenters. The predicted molar refractivity (Wildman–Crippen MR) is 93.7 cm³/mol. The van der Waals surface area contributed by atoms with Crippen LogP contribution in [0, 0.1) is 28.6 Å². The second-order valence-electron chi connectivity index (χ2n) is 9.54. The molecule has 7 atom stereocenters. The van der Waals surface area contributed by atoms with E-state index < -0.39 is 11.0 Å². The van der Waals surface area contributed by atoms with E-state index in [1.165, 1.54) is 12.5 Å². The first kappa shape index (κ1) is 17.4. The lowest BCUT2D eigenvalue weighted by atomic mass is 9.46. The fraction of sp³-hybridized carbons (Fsp3) is 0.810. The van der Waals surface area contributed by atoms with Crippen LogP contribution in [0.1, 0.15) is 65.7 Å². The Morgan fingerprint density at radius 3 is 2.64 bits per heavy atom. The minimum Gasteiger partial charge on any atom is -0.393 e. The molecule has 0 aromatic rings. The normalized spacial score (nSPS) is 52.0. The van der Waals surface area contributed by atoms with Gasteiger partial charge in [0.1, 0.15) is 11.4 Å². The maximum absolute atomic E-state index is 13.3. The van der Waals surface area contributed by atoms with Crippen molar-refractivity contribution < 1.29 is 19.8 Å². The Morgan fingerprint density at radius 1 is 1.24 bits per heavy atom. The Hall–Kier alpha value is -1.00. The van der Waals surface area contributed by atoms with Gasteiger partial charge in [0, 0.05) is 17.8 Å². The van der Waals surface area contributed by atoms with Crippen molar-refractivity contribution in [1.29, 1.82) is 0 Å². The molecule has 4 rings (SSSR count). The highest BCUT2D eigenvalue weighted by Crippen LogP contribution is 2.66. The van der Waals surface area contributed by atoms with Crippen LogP contribution in [0.3, 0.4) is 0 Å². The molecule has 25 heavy (non-hydrogen) atoms. The quantitative estimate of drug-likeness (QED) is 0.716. The van der Waals surface area contributed by atoms with Gasteiger partial charge in [-0.05, 0) is 62.7 Å². The molecular weight excluding hydrogens is 316 g/mol. The lowest BCUT2D eigenvalue weighted by Gasteiger charge is -2.57. The van der Waals surface area contributed by atoms with Crippen LogP contribution in [0.15, 0.2) is 11.6 Å².